The van der Waals surface area contributed by atoms with Crippen LogP contribution in [0.4, 0.5) is 0 Å². The average molecular weight is 241 g/mol. The molecule has 2 rings (SSSR count). The van der Waals surface area contributed by atoms with E-state index in [0.717, 1.165) is 19.3 Å². The summed E-state index contributed by atoms with van der Waals surface area (Å²) in [7, 11) is 0. The van der Waals surface area contributed by atoms with Crippen LogP contribution >= 0.6 is 0 Å². The maximum Gasteiger partial charge on any atom is 0.307 e. The first kappa shape index (κ1) is 12.4. The monoisotopic (exact) mass is 241 g/mol. The molecule has 17 heavy (non-hydrogen) atoms. The normalized spacial score (nSPS) is 36.3. The minimum atomic E-state index is -0.860. The lowest BCUT2D eigenvalue weighted by molar-refractivity contribution is -0.146. The van der Waals surface area contributed by atoms with Gasteiger partial charge in [-0.15, -0.1) is 0 Å². The lowest BCUT2D eigenvalue weighted by Crippen LogP contribution is -2.42. The third-order valence-corrected chi connectivity index (χ3v) is 3.95. The van der Waals surface area contributed by atoms with Crippen LogP contribution < -0.4 is 5.32 Å². The number of nitrogens with one attached hydrogen (secondary N) is 1. The number of rotatable bonds is 4. The molecule has 0 spiro atoms. The highest BCUT2D eigenvalue weighted by Gasteiger charge is 2.38. The Morgan fingerprint density at radius 1 is 1.18 bits per heavy atom. The van der Waals surface area contributed by atoms with Crippen LogP contribution in [0.3, 0.4) is 0 Å². The van der Waals surface area contributed by atoms with E-state index in [-0.39, 0.29) is 17.9 Å². The molecular weight excluding hydrogens is 222 g/mol. The van der Waals surface area contributed by atoms with E-state index in [1.165, 1.54) is 0 Å². The van der Waals surface area contributed by atoms with Crippen molar-refractivity contribution in [2.24, 2.45) is 17.8 Å². The fraction of sp³-hybridized carbons (Fsp3) is 0.833. The van der Waals surface area contributed by atoms with Gasteiger partial charge in [0.25, 0.3) is 0 Å². The summed E-state index contributed by atoms with van der Waals surface area (Å²) in [5.41, 5.74) is 0. The molecule has 0 aromatic heterocycles. The largest absolute Gasteiger partial charge is 0.481 e. The van der Waals surface area contributed by atoms with Gasteiger partial charge in [-0.1, -0.05) is 6.42 Å². The van der Waals surface area contributed by atoms with Crippen molar-refractivity contribution in [1.29, 1.82) is 0 Å². The molecule has 2 unspecified atom stereocenters. The second kappa shape index (κ2) is 5.04. The summed E-state index contributed by atoms with van der Waals surface area (Å²) in [5.74, 6) is -1.50. The number of hydrogen-bond donors (Lipinski definition) is 3. The van der Waals surface area contributed by atoms with Gasteiger partial charge in [0.05, 0.1) is 17.9 Å². The van der Waals surface area contributed by atoms with E-state index < -0.39 is 11.9 Å². The Bertz CT molecular complexity index is 312. The molecule has 3 N–H and O–H groups in total. The molecule has 0 saturated heterocycles. The van der Waals surface area contributed by atoms with Gasteiger partial charge in [0.15, 0.2) is 0 Å². The summed E-state index contributed by atoms with van der Waals surface area (Å²) >= 11 is 0. The van der Waals surface area contributed by atoms with E-state index in [1.54, 1.807) is 0 Å². The molecule has 5 nitrogen and oxygen atoms in total. The maximum absolute atomic E-state index is 11.8. The highest BCUT2D eigenvalue weighted by atomic mass is 16.4. The predicted molar refractivity (Wildman–Crippen MR) is 60.2 cm³/mol. The van der Waals surface area contributed by atoms with E-state index in [9.17, 15) is 9.59 Å². The molecule has 2 atom stereocenters. The molecule has 0 aliphatic heterocycles. The van der Waals surface area contributed by atoms with Gasteiger partial charge >= 0.3 is 5.97 Å². The fourth-order valence-corrected chi connectivity index (χ4v) is 2.81. The van der Waals surface area contributed by atoms with Crippen molar-refractivity contribution in [3.8, 4) is 0 Å². The molecular formula is C12H19NO4. The predicted octanol–water partition coefficient (Wildman–Crippen LogP) is 0.374. The number of aliphatic hydroxyl groups excluding tert-OH is 1. The fourth-order valence-electron chi connectivity index (χ4n) is 2.81. The Morgan fingerprint density at radius 3 is 2.41 bits per heavy atom. The first-order chi connectivity index (χ1) is 8.08. The molecule has 2 fully saturated rings. The number of hydrogen-bond acceptors (Lipinski definition) is 3. The van der Waals surface area contributed by atoms with E-state index >= 15 is 0 Å². The number of aliphatic hydroxyl groups is 1. The van der Waals surface area contributed by atoms with Gasteiger partial charge in [-0.05, 0) is 31.6 Å². The van der Waals surface area contributed by atoms with Crippen LogP contribution in [0.15, 0.2) is 0 Å². The Hall–Kier alpha value is -1.10. The van der Waals surface area contributed by atoms with Gasteiger partial charge < -0.3 is 15.5 Å². The summed E-state index contributed by atoms with van der Waals surface area (Å²) in [5, 5.41) is 20.9. The third kappa shape index (κ3) is 2.77. The standard InChI is InChI=1S/C12H19NO4/c14-8-4-7(5-8)6-13-11(15)9-2-1-3-10(9)12(16)17/h7-10,14H,1-6H2,(H,13,15)(H,16,17). The van der Waals surface area contributed by atoms with Gasteiger partial charge in [-0.25, -0.2) is 0 Å². The smallest absolute Gasteiger partial charge is 0.307 e. The molecule has 5 heteroatoms. The maximum atomic E-state index is 11.8. The van der Waals surface area contributed by atoms with Crippen molar-refractivity contribution < 1.29 is 19.8 Å². The minimum Gasteiger partial charge on any atom is -0.481 e. The van der Waals surface area contributed by atoms with Gasteiger partial charge in [0.2, 0.25) is 5.91 Å². The Morgan fingerprint density at radius 2 is 1.82 bits per heavy atom. The van der Waals surface area contributed by atoms with Crippen LogP contribution in [-0.4, -0.2) is 34.7 Å². The molecule has 2 aliphatic carbocycles. The van der Waals surface area contributed by atoms with Crippen LogP contribution in [0.1, 0.15) is 32.1 Å². The zero-order valence-electron chi connectivity index (χ0n) is 9.76. The average Bonchev–Trinajstić information content (AvgIpc) is 2.71. The van der Waals surface area contributed by atoms with Crippen molar-refractivity contribution in [3.63, 3.8) is 0 Å². The van der Waals surface area contributed by atoms with E-state index in [2.05, 4.69) is 5.32 Å². The zero-order chi connectivity index (χ0) is 12.4. The van der Waals surface area contributed by atoms with Gasteiger partial charge in [-0.3, -0.25) is 9.59 Å². The molecule has 0 bridgehead atoms. The van der Waals surface area contributed by atoms with Crippen molar-refractivity contribution in [1.82, 2.24) is 5.32 Å². The van der Waals surface area contributed by atoms with E-state index in [0.29, 0.717) is 25.3 Å². The van der Waals surface area contributed by atoms with Gasteiger partial charge in [0, 0.05) is 6.54 Å². The number of amides is 1. The number of carboxylic acids is 1. The van der Waals surface area contributed by atoms with Crippen molar-refractivity contribution in [2.75, 3.05) is 6.54 Å². The topological polar surface area (TPSA) is 86.6 Å². The molecule has 96 valence electrons. The second-order valence-electron chi connectivity index (χ2n) is 5.22. The first-order valence-electron chi connectivity index (χ1n) is 6.26. The van der Waals surface area contributed by atoms with Gasteiger partial charge in [-0.2, -0.15) is 0 Å². The quantitative estimate of drug-likeness (QED) is 0.664. The number of carboxylic acid groups (broad SMARTS) is 1. The molecule has 0 aromatic rings. The second-order valence-corrected chi connectivity index (χ2v) is 5.22. The molecule has 2 saturated carbocycles. The Labute approximate surface area is 100 Å². The van der Waals surface area contributed by atoms with Gasteiger partial charge in [0.1, 0.15) is 0 Å². The van der Waals surface area contributed by atoms with Crippen LogP contribution in [0.25, 0.3) is 0 Å². The molecule has 1 amide bonds. The molecule has 0 aromatic carbocycles. The number of carbonyl (C=O) groups is 2. The zero-order valence-corrected chi connectivity index (χ0v) is 9.76. The van der Waals surface area contributed by atoms with Crippen LogP contribution in [-0.2, 0) is 9.59 Å². The summed E-state index contributed by atoms with van der Waals surface area (Å²) in [4.78, 5) is 22.8. The first-order valence-corrected chi connectivity index (χ1v) is 6.26. The lowest BCUT2D eigenvalue weighted by atomic mass is 9.82. The van der Waals surface area contributed by atoms with Crippen molar-refractivity contribution in [3.05, 3.63) is 0 Å². The highest BCUT2D eigenvalue weighted by Crippen LogP contribution is 2.32. The third-order valence-electron chi connectivity index (χ3n) is 3.95. The summed E-state index contributed by atoms with van der Waals surface area (Å²) in [6, 6.07) is 0. The number of carbonyl (C=O) groups excluding carboxylic acids is 1. The molecule has 2 aliphatic rings. The molecule has 0 heterocycles. The molecule has 0 radical (unpaired) electrons. The van der Waals surface area contributed by atoms with Crippen molar-refractivity contribution >= 4 is 11.9 Å². The summed E-state index contributed by atoms with van der Waals surface area (Å²) < 4.78 is 0. The number of aliphatic carboxylic acids is 1. The van der Waals surface area contributed by atoms with Crippen LogP contribution in [0, 0.1) is 17.8 Å². The van der Waals surface area contributed by atoms with E-state index in [4.69, 9.17) is 10.2 Å². The highest BCUT2D eigenvalue weighted by molar-refractivity contribution is 5.85. The van der Waals surface area contributed by atoms with Crippen LogP contribution in [0.2, 0.25) is 0 Å². The van der Waals surface area contributed by atoms with Crippen molar-refractivity contribution in [2.45, 2.75) is 38.2 Å². The lowest BCUT2D eigenvalue weighted by Gasteiger charge is -2.31. The summed E-state index contributed by atoms with van der Waals surface area (Å²) in [6.45, 7) is 0.568. The SMILES string of the molecule is O=C(O)C1CCCC1C(=O)NCC1CC(O)C1. The Kier molecular flexibility index (Phi) is 3.66. The van der Waals surface area contributed by atoms with E-state index in [1.807, 2.05) is 0 Å². The minimum absolute atomic E-state index is 0.128. The Balaban J connectivity index is 1.77. The van der Waals surface area contributed by atoms with Crippen LogP contribution in [0.5, 0.6) is 0 Å². The summed E-state index contributed by atoms with van der Waals surface area (Å²) in [6.07, 6.45) is 3.37.